The number of benzene rings is 6. The molecule has 0 aliphatic heterocycles. The second-order valence-corrected chi connectivity index (χ2v) is 10.6. The van der Waals surface area contributed by atoms with Gasteiger partial charge in [-0.1, -0.05) is 115 Å². The summed E-state index contributed by atoms with van der Waals surface area (Å²) in [6.07, 6.45) is 7.53. The average Bonchev–Trinajstić information content (AvgIpc) is 3.07. The van der Waals surface area contributed by atoms with E-state index in [-0.39, 0.29) is 0 Å². The third-order valence-corrected chi connectivity index (χ3v) is 8.25. The van der Waals surface area contributed by atoms with Crippen LogP contribution < -0.4 is 0 Å². The first kappa shape index (κ1) is 24.2. The number of hydrogen-bond donors (Lipinski definition) is 0. The Morgan fingerprint density at radius 2 is 0.810 bits per heavy atom. The maximum Gasteiger partial charge on any atom is 0.0347 e. The number of pyridine rings is 2. The van der Waals surface area contributed by atoms with Gasteiger partial charge in [0.05, 0.1) is 0 Å². The van der Waals surface area contributed by atoms with Gasteiger partial charge in [0.25, 0.3) is 0 Å². The molecular weight excluding hydrogens is 508 g/mol. The van der Waals surface area contributed by atoms with Crippen LogP contribution in [0.4, 0.5) is 0 Å². The molecule has 0 unspecified atom stereocenters. The Hall–Kier alpha value is -5.60. The molecule has 6 aromatic carbocycles. The van der Waals surface area contributed by atoms with E-state index in [2.05, 4.69) is 131 Å². The summed E-state index contributed by atoms with van der Waals surface area (Å²) in [6, 6.07) is 48.0. The molecule has 0 radical (unpaired) electrons. The summed E-state index contributed by atoms with van der Waals surface area (Å²) in [5, 5.41) is 7.49. The van der Waals surface area contributed by atoms with Crippen LogP contribution in [0.15, 0.2) is 158 Å². The molecule has 196 valence electrons. The zero-order valence-electron chi connectivity index (χ0n) is 22.9. The second kappa shape index (κ2) is 10.1. The minimum Gasteiger partial charge on any atom is -0.265 e. The summed E-state index contributed by atoms with van der Waals surface area (Å²) in [7, 11) is 0. The van der Waals surface area contributed by atoms with Crippen molar-refractivity contribution in [1.29, 1.82) is 0 Å². The SMILES string of the molecule is c1ccc(-c2c3ccccc3c(-c3ccc(-c4cncc(-c5ccncc5)c4)c4ccccc34)c3ccccc23)cc1. The lowest BCUT2D eigenvalue weighted by Gasteiger charge is -2.19. The topological polar surface area (TPSA) is 25.8 Å². The molecule has 0 aliphatic carbocycles. The third-order valence-electron chi connectivity index (χ3n) is 8.25. The van der Waals surface area contributed by atoms with Gasteiger partial charge < -0.3 is 0 Å². The third kappa shape index (κ3) is 3.96. The van der Waals surface area contributed by atoms with Crippen molar-refractivity contribution in [1.82, 2.24) is 9.97 Å². The molecule has 2 aromatic heterocycles. The van der Waals surface area contributed by atoms with Gasteiger partial charge in [-0.15, -0.1) is 0 Å². The van der Waals surface area contributed by atoms with Gasteiger partial charge in [-0.2, -0.15) is 0 Å². The first-order valence-electron chi connectivity index (χ1n) is 14.2. The fourth-order valence-corrected chi connectivity index (χ4v) is 6.39. The molecule has 0 atom stereocenters. The minimum atomic E-state index is 1.08. The molecule has 0 fully saturated rings. The van der Waals surface area contributed by atoms with E-state index >= 15 is 0 Å². The van der Waals surface area contributed by atoms with E-state index in [1.807, 2.05) is 36.9 Å². The van der Waals surface area contributed by atoms with E-state index < -0.39 is 0 Å². The van der Waals surface area contributed by atoms with E-state index in [1.54, 1.807) is 0 Å². The predicted octanol–water partition coefficient (Wildman–Crippen LogP) is 10.6. The summed E-state index contributed by atoms with van der Waals surface area (Å²) in [5.74, 6) is 0. The molecule has 0 N–H and O–H groups in total. The molecule has 2 heteroatoms. The van der Waals surface area contributed by atoms with Gasteiger partial charge >= 0.3 is 0 Å². The number of aromatic nitrogens is 2. The number of rotatable bonds is 4. The van der Waals surface area contributed by atoms with E-state index in [0.717, 1.165) is 16.7 Å². The molecule has 0 spiro atoms. The zero-order chi connectivity index (χ0) is 27.9. The Kier molecular flexibility index (Phi) is 5.82. The Morgan fingerprint density at radius 3 is 1.45 bits per heavy atom. The highest BCUT2D eigenvalue weighted by molar-refractivity contribution is 6.24. The van der Waals surface area contributed by atoms with Crippen LogP contribution >= 0.6 is 0 Å². The van der Waals surface area contributed by atoms with Gasteiger partial charge in [-0.25, -0.2) is 0 Å². The van der Waals surface area contributed by atoms with E-state index in [0.29, 0.717) is 0 Å². The van der Waals surface area contributed by atoms with Crippen LogP contribution in [0.5, 0.6) is 0 Å². The number of hydrogen-bond acceptors (Lipinski definition) is 2. The lowest BCUT2D eigenvalue weighted by atomic mass is 9.84. The highest BCUT2D eigenvalue weighted by Crippen LogP contribution is 2.46. The summed E-state index contributed by atoms with van der Waals surface area (Å²) < 4.78 is 0. The quantitative estimate of drug-likeness (QED) is 0.210. The molecule has 8 rings (SSSR count). The Morgan fingerprint density at radius 1 is 0.310 bits per heavy atom. The molecule has 8 aromatic rings. The Bertz CT molecular complexity index is 2180. The van der Waals surface area contributed by atoms with E-state index in [9.17, 15) is 0 Å². The largest absolute Gasteiger partial charge is 0.265 e. The van der Waals surface area contributed by atoms with Crippen LogP contribution in [0.3, 0.4) is 0 Å². The van der Waals surface area contributed by atoms with Crippen molar-refractivity contribution >= 4 is 32.3 Å². The minimum absolute atomic E-state index is 1.08. The van der Waals surface area contributed by atoms with Crippen molar-refractivity contribution in [3.8, 4) is 44.5 Å². The van der Waals surface area contributed by atoms with Crippen LogP contribution in [0.1, 0.15) is 0 Å². The summed E-state index contributed by atoms with van der Waals surface area (Å²) in [6.45, 7) is 0. The lowest BCUT2D eigenvalue weighted by molar-refractivity contribution is 1.30. The Balaban J connectivity index is 1.41. The van der Waals surface area contributed by atoms with Gasteiger partial charge in [0.2, 0.25) is 0 Å². The molecule has 2 heterocycles. The zero-order valence-corrected chi connectivity index (χ0v) is 22.9. The van der Waals surface area contributed by atoms with Crippen LogP contribution in [0.2, 0.25) is 0 Å². The highest BCUT2D eigenvalue weighted by atomic mass is 14.6. The van der Waals surface area contributed by atoms with Gasteiger partial charge in [0, 0.05) is 35.9 Å². The molecule has 2 nitrogen and oxygen atoms in total. The first-order valence-corrected chi connectivity index (χ1v) is 14.2. The fraction of sp³-hybridized carbons (Fsp3) is 0. The van der Waals surface area contributed by atoms with Gasteiger partial charge in [0.1, 0.15) is 0 Å². The molecule has 42 heavy (non-hydrogen) atoms. The smallest absolute Gasteiger partial charge is 0.0347 e. The van der Waals surface area contributed by atoms with Gasteiger partial charge in [-0.3, -0.25) is 9.97 Å². The second-order valence-electron chi connectivity index (χ2n) is 10.6. The molecule has 0 bridgehead atoms. The van der Waals surface area contributed by atoms with Gasteiger partial charge in [0.15, 0.2) is 0 Å². The van der Waals surface area contributed by atoms with Crippen molar-refractivity contribution in [2.75, 3.05) is 0 Å². The monoisotopic (exact) mass is 534 g/mol. The molecular formula is C40H26N2. The average molecular weight is 535 g/mol. The Labute approximate surface area is 244 Å². The summed E-state index contributed by atoms with van der Waals surface area (Å²) in [5.41, 5.74) is 9.48. The highest BCUT2D eigenvalue weighted by Gasteiger charge is 2.18. The standard InChI is InChI=1S/C40H26N2/c1-2-10-28(11-3-1)39-34-14-6-8-16-36(34)40(37-17-9-7-15-35(37)39)38-19-18-31(32-12-4-5-13-33(32)38)30-24-29(25-42-26-30)27-20-22-41-23-21-27/h1-26H. The summed E-state index contributed by atoms with van der Waals surface area (Å²) >= 11 is 0. The van der Waals surface area contributed by atoms with Crippen molar-refractivity contribution in [2.45, 2.75) is 0 Å². The van der Waals surface area contributed by atoms with Crippen LogP contribution in [-0.2, 0) is 0 Å². The van der Waals surface area contributed by atoms with Crippen LogP contribution in [-0.4, -0.2) is 9.97 Å². The van der Waals surface area contributed by atoms with E-state index in [4.69, 9.17) is 0 Å². The normalized spacial score (nSPS) is 11.3. The van der Waals surface area contributed by atoms with Crippen LogP contribution in [0.25, 0.3) is 76.8 Å². The maximum absolute atomic E-state index is 4.62. The van der Waals surface area contributed by atoms with Crippen molar-refractivity contribution in [3.63, 3.8) is 0 Å². The predicted molar refractivity (Wildman–Crippen MR) is 176 cm³/mol. The molecule has 0 saturated heterocycles. The molecule has 0 saturated carbocycles. The number of nitrogens with zero attached hydrogens (tertiary/aromatic N) is 2. The van der Waals surface area contributed by atoms with Gasteiger partial charge in [-0.05, 0) is 83.9 Å². The fourth-order valence-electron chi connectivity index (χ4n) is 6.39. The van der Waals surface area contributed by atoms with Crippen molar-refractivity contribution in [2.24, 2.45) is 0 Å². The van der Waals surface area contributed by atoms with E-state index in [1.165, 1.54) is 60.1 Å². The van der Waals surface area contributed by atoms with Crippen molar-refractivity contribution < 1.29 is 0 Å². The first-order chi connectivity index (χ1) is 20.9. The van der Waals surface area contributed by atoms with Crippen molar-refractivity contribution in [3.05, 3.63) is 158 Å². The van der Waals surface area contributed by atoms with Crippen LogP contribution in [0, 0.1) is 0 Å². The number of fused-ring (bicyclic) bond motifs is 3. The molecule has 0 amide bonds. The maximum atomic E-state index is 4.62. The molecule has 0 aliphatic rings. The summed E-state index contributed by atoms with van der Waals surface area (Å²) in [4.78, 5) is 8.80. The lowest BCUT2D eigenvalue weighted by Crippen LogP contribution is -1.92.